The lowest BCUT2D eigenvalue weighted by Crippen LogP contribution is -2.22. The fraction of sp³-hybridized carbons (Fsp3) is 0. The molecule has 0 heterocycles. The highest BCUT2D eigenvalue weighted by molar-refractivity contribution is 6.45. The predicted octanol–water partition coefficient (Wildman–Crippen LogP) is 0.925. The quantitative estimate of drug-likeness (QED) is 0.406. The topological polar surface area (TPSA) is 122 Å². The molecule has 0 atom stereocenters. The maximum Gasteiger partial charge on any atom is 0.201 e. The number of nitrogens with two attached hydrogens (primary N) is 1. The molecule has 84 valence electrons. The van der Waals surface area contributed by atoms with Gasteiger partial charge in [-0.05, 0) is 18.2 Å². The van der Waals surface area contributed by atoms with Crippen LogP contribution in [0, 0.1) is 33.9 Å². The highest BCUT2D eigenvalue weighted by Gasteiger charge is 2.04. The van der Waals surface area contributed by atoms with Gasteiger partial charge in [0.1, 0.15) is 11.9 Å². The Bertz CT molecular complexity index is 563. The largest absolute Gasteiger partial charge is 0.382 e. The summed E-state index contributed by atoms with van der Waals surface area (Å²) in [5, 5.41) is 27.5. The molecule has 0 aliphatic rings. The van der Waals surface area contributed by atoms with Gasteiger partial charge in [-0.3, -0.25) is 10.8 Å². The zero-order valence-corrected chi connectivity index (χ0v) is 8.53. The summed E-state index contributed by atoms with van der Waals surface area (Å²) in [4.78, 5) is 0. The molecule has 0 unspecified atom stereocenters. The van der Waals surface area contributed by atoms with Crippen LogP contribution >= 0.6 is 0 Å². The van der Waals surface area contributed by atoms with Crippen molar-refractivity contribution < 1.29 is 4.39 Å². The van der Waals surface area contributed by atoms with Crippen LogP contribution in [-0.4, -0.2) is 11.5 Å². The van der Waals surface area contributed by atoms with Gasteiger partial charge in [0.05, 0.1) is 17.3 Å². The summed E-state index contributed by atoms with van der Waals surface area (Å²) < 4.78 is 13.3. The van der Waals surface area contributed by atoms with Gasteiger partial charge in [0, 0.05) is 0 Å². The molecule has 0 radical (unpaired) electrons. The molecular formula is C10H7FN6. The van der Waals surface area contributed by atoms with Crippen LogP contribution in [0.15, 0.2) is 23.3 Å². The Balaban J connectivity index is 2.95. The molecule has 0 aliphatic carbocycles. The number of nitrogens with zero attached hydrogens (tertiary/aromatic N) is 3. The van der Waals surface area contributed by atoms with Crippen LogP contribution in [0.5, 0.6) is 0 Å². The minimum absolute atomic E-state index is 0.0157. The molecule has 1 aromatic rings. The Labute approximate surface area is 96.3 Å². The lowest BCUT2D eigenvalue weighted by atomic mass is 10.2. The second-order valence-corrected chi connectivity index (χ2v) is 2.90. The van der Waals surface area contributed by atoms with Gasteiger partial charge in [0.15, 0.2) is 5.84 Å². The third kappa shape index (κ3) is 3.01. The minimum Gasteiger partial charge on any atom is -0.382 e. The van der Waals surface area contributed by atoms with E-state index in [1.165, 1.54) is 12.1 Å². The summed E-state index contributed by atoms with van der Waals surface area (Å²) in [7, 11) is 0. The van der Waals surface area contributed by atoms with E-state index in [4.69, 9.17) is 21.7 Å². The molecule has 4 N–H and O–H groups in total. The highest BCUT2D eigenvalue weighted by atomic mass is 19.1. The van der Waals surface area contributed by atoms with Crippen LogP contribution in [0.3, 0.4) is 0 Å². The standard InChI is InChI=1S/C10H7FN6/c11-7-3-6(4-12)1-2-8(7)16-17-9(5-13)10(14)15/h1-3,16H,(H3,14,15)/b17-9+. The summed E-state index contributed by atoms with van der Waals surface area (Å²) in [5.41, 5.74) is 7.11. The number of halogens is 1. The Hall–Kier alpha value is -2.93. The Morgan fingerprint density at radius 3 is 2.65 bits per heavy atom. The first-order valence-electron chi connectivity index (χ1n) is 4.36. The van der Waals surface area contributed by atoms with E-state index in [9.17, 15) is 4.39 Å². The maximum atomic E-state index is 13.3. The van der Waals surface area contributed by atoms with Crippen molar-refractivity contribution in [3.8, 4) is 12.1 Å². The van der Waals surface area contributed by atoms with Crippen molar-refractivity contribution in [3.63, 3.8) is 0 Å². The third-order valence-corrected chi connectivity index (χ3v) is 1.75. The van der Waals surface area contributed by atoms with Crippen LogP contribution in [0.4, 0.5) is 10.1 Å². The second-order valence-electron chi connectivity index (χ2n) is 2.90. The number of nitrogens with one attached hydrogen (secondary N) is 2. The number of anilines is 1. The van der Waals surface area contributed by atoms with E-state index in [0.29, 0.717) is 0 Å². The molecule has 0 amide bonds. The van der Waals surface area contributed by atoms with Crippen molar-refractivity contribution in [1.82, 2.24) is 0 Å². The first kappa shape index (κ1) is 12.1. The number of hydrogen-bond donors (Lipinski definition) is 3. The number of nitriles is 2. The summed E-state index contributed by atoms with van der Waals surface area (Å²) >= 11 is 0. The number of amidine groups is 1. The van der Waals surface area contributed by atoms with E-state index < -0.39 is 11.7 Å². The maximum absolute atomic E-state index is 13.3. The smallest absolute Gasteiger partial charge is 0.201 e. The summed E-state index contributed by atoms with van der Waals surface area (Å²) in [6.45, 7) is 0. The first-order chi connectivity index (χ1) is 8.08. The predicted molar refractivity (Wildman–Crippen MR) is 59.7 cm³/mol. The molecular weight excluding hydrogens is 223 g/mol. The zero-order valence-electron chi connectivity index (χ0n) is 8.53. The molecule has 0 fully saturated rings. The summed E-state index contributed by atoms with van der Waals surface area (Å²) in [6.07, 6.45) is 0. The van der Waals surface area contributed by atoms with E-state index in [1.807, 2.05) is 0 Å². The molecule has 0 bridgehead atoms. The van der Waals surface area contributed by atoms with Crippen LogP contribution < -0.4 is 11.2 Å². The van der Waals surface area contributed by atoms with Gasteiger partial charge in [-0.25, -0.2) is 4.39 Å². The van der Waals surface area contributed by atoms with Gasteiger partial charge in [-0.2, -0.15) is 15.6 Å². The van der Waals surface area contributed by atoms with Crippen molar-refractivity contribution in [1.29, 1.82) is 15.9 Å². The van der Waals surface area contributed by atoms with Gasteiger partial charge < -0.3 is 5.73 Å². The van der Waals surface area contributed by atoms with E-state index >= 15 is 0 Å². The second kappa shape index (κ2) is 5.24. The zero-order chi connectivity index (χ0) is 12.8. The molecule has 1 rings (SSSR count). The van der Waals surface area contributed by atoms with Crippen molar-refractivity contribution in [3.05, 3.63) is 29.6 Å². The average Bonchev–Trinajstić information content (AvgIpc) is 2.31. The van der Waals surface area contributed by atoms with E-state index in [0.717, 1.165) is 6.07 Å². The lowest BCUT2D eigenvalue weighted by molar-refractivity contribution is 0.630. The van der Waals surface area contributed by atoms with Gasteiger partial charge in [-0.1, -0.05) is 0 Å². The van der Waals surface area contributed by atoms with E-state index in [-0.39, 0.29) is 17.0 Å². The van der Waals surface area contributed by atoms with Gasteiger partial charge >= 0.3 is 0 Å². The molecule has 17 heavy (non-hydrogen) atoms. The monoisotopic (exact) mass is 230 g/mol. The summed E-state index contributed by atoms with van der Waals surface area (Å²) in [6, 6.07) is 7.07. The fourth-order valence-corrected chi connectivity index (χ4v) is 0.937. The Morgan fingerprint density at radius 2 is 2.18 bits per heavy atom. The van der Waals surface area contributed by atoms with Crippen molar-refractivity contribution in [2.24, 2.45) is 10.8 Å². The van der Waals surface area contributed by atoms with Crippen molar-refractivity contribution in [2.45, 2.75) is 0 Å². The normalized spacial score (nSPS) is 10.2. The lowest BCUT2D eigenvalue weighted by Gasteiger charge is -2.02. The third-order valence-electron chi connectivity index (χ3n) is 1.75. The molecule has 6 nitrogen and oxygen atoms in total. The van der Waals surface area contributed by atoms with E-state index in [2.05, 4.69) is 10.5 Å². The van der Waals surface area contributed by atoms with Crippen molar-refractivity contribution in [2.75, 3.05) is 5.43 Å². The van der Waals surface area contributed by atoms with Gasteiger partial charge in [0.25, 0.3) is 0 Å². The molecule has 0 spiro atoms. The summed E-state index contributed by atoms with van der Waals surface area (Å²) in [5.74, 6) is -1.21. The van der Waals surface area contributed by atoms with Crippen LogP contribution in [-0.2, 0) is 0 Å². The van der Waals surface area contributed by atoms with Crippen molar-refractivity contribution >= 4 is 17.2 Å². The van der Waals surface area contributed by atoms with E-state index in [1.54, 1.807) is 12.1 Å². The Kier molecular flexibility index (Phi) is 3.74. The number of benzene rings is 1. The number of rotatable bonds is 3. The first-order valence-corrected chi connectivity index (χ1v) is 4.36. The molecule has 0 aromatic heterocycles. The SMILES string of the molecule is N#C/C(=N\Nc1ccc(C#N)cc1F)C(=N)N. The van der Waals surface area contributed by atoms with Gasteiger partial charge in [-0.15, -0.1) is 0 Å². The Morgan fingerprint density at radius 1 is 1.47 bits per heavy atom. The van der Waals surface area contributed by atoms with Crippen LogP contribution in [0.25, 0.3) is 0 Å². The molecule has 0 aliphatic heterocycles. The van der Waals surface area contributed by atoms with Gasteiger partial charge in [0.2, 0.25) is 5.71 Å². The minimum atomic E-state index is -0.686. The fourth-order valence-electron chi connectivity index (χ4n) is 0.937. The average molecular weight is 230 g/mol. The van der Waals surface area contributed by atoms with Crippen LogP contribution in [0.1, 0.15) is 5.56 Å². The number of hydrazone groups is 1. The highest BCUT2D eigenvalue weighted by Crippen LogP contribution is 2.15. The molecule has 7 heteroatoms. The molecule has 0 saturated heterocycles. The molecule has 0 saturated carbocycles. The van der Waals surface area contributed by atoms with Crippen LogP contribution in [0.2, 0.25) is 0 Å². The molecule has 1 aromatic carbocycles. The number of hydrogen-bond acceptors (Lipinski definition) is 5.